The molecule has 2 heteroatoms. The second-order valence-electron chi connectivity index (χ2n) is 4.84. The highest BCUT2D eigenvalue weighted by molar-refractivity contribution is 5.23. The van der Waals surface area contributed by atoms with Crippen LogP contribution in [0.5, 0.6) is 0 Å². The lowest BCUT2D eigenvalue weighted by Gasteiger charge is -2.37. The SMILES string of the molecule is CCOC1(C(NC)c2ccccc2)CCCC1. The van der Waals surface area contributed by atoms with Crippen LogP contribution in [-0.4, -0.2) is 19.3 Å². The zero-order valence-electron chi connectivity index (χ0n) is 10.9. The van der Waals surface area contributed by atoms with E-state index in [1.165, 1.54) is 31.2 Å². The third kappa shape index (κ3) is 2.53. The van der Waals surface area contributed by atoms with E-state index in [9.17, 15) is 0 Å². The lowest BCUT2D eigenvalue weighted by molar-refractivity contribution is -0.0610. The van der Waals surface area contributed by atoms with Gasteiger partial charge in [-0.05, 0) is 32.4 Å². The van der Waals surface area contributed by atoms with Gasteiger partial charge in [0, 0.05) is 6.61 Å². The molecule has 1 saturated carbocycles. The van der Waals surface area contributed by atoms with E-state index in [-0.39, 0.29) is 5.60 Å². The van der Waals surface area contributed by atoms with Crippen LogP contribution in [-0.2, 0) is 4.74 Å². The summed E-state index contributed by atoms with van der Waals surface area (Å²) in [5, 5.41) is 3.46. The first-order valence-electron chi connectivity index (χ1n) is 6.68. The van der Waals surface area contributed by atoms with Crippen molar-refractivity contribution in [3.8, 4) is 0 Å². The molecule has 1 aliphatic carbocycles. The lowest BCUT2D eigenvalue weighted by Crippen LogP contribution is -2.43. The summed E-state index contributed by atoms with van der Waals surface area (Å²) in [5.41, 5.74) is 1.34. The number of nitrogens with one attached hydrogen (secondary N) is 1. The molecule has 0 spiro atoms. The van der Waals surface area contributed by atoms with Crippen molar-refractivity contribution in [2.75, 3.05) is 13.7 Å². The number of benzene rings is 1. The van der Waals surface area contributed by atoms with Crippen molar-refractivity contribution in [2.24, 2.45) is 0 Å². The molecule has 1 aromatic rings. The van der Waals surface area contributed by atoms with Gasteiger partial charge in [0.15, 0.2) is 0 Å². The maximum Gasteiger partial charge on any atom is 0.0876 e. The van der Waals surface area contributed by atoms with Crippen molar-refractivity contribution >= 4 is 0 Å². The van der Waals surface area contributed by atoms with Crippen molar-refractivity contribution in [2.45, 2.75) is 44.2 Å². The van der Waals surface area contributed by atoms with Gasteiger partial charge in [-0.3, -0.25) is 0 Å². The van der Waals surface area contributed by atoms with Crippen LogP contribution in [0.25, 0.3) is 0 Å². The fourth-order valence-corrected chi connectivity index (χ4v) is 3.16. The molecule has 0 amide bonds. The predicted molar refractivity (Wildman–Crippen MR) is 71.1 cm³/mol. The molecule has 0 saturated heterocycles. The number of rotatable bonds is 5. The van der Waals surface area contributed by atoms with Gasteiger partial charge >= 0.3 is 0 Å². The Morgan fingerprint density at radius 2 is 1.88 bits per heavy atom. The lowest BCUT2D eigenvalue weighted by atomic mass is 9.86. The Labute approximate surface area is 104 Å². The third-order valence-electron chi connectivity index (χ3n) is 3.83. The summed E-state index contributed by atoms with van der Waals surface area (Å²) in [7, 11) is 2.04. The fraction of sp³-hybridized carbons (Fsp3) is 0.600. The Kier molecular flexibility index (Phi) is 4.19. The molecule has 0 bridgehead atoms. The molecule has 1 N–H and O–H groups in total. The predicted octanol–water partition coefficient (Wildman–Crippen LogP) is 3.30. The molecule has 17 heavy (non-hydrogen) atoms. The van der Waals surface area contributed by atoms with Crippen LogP contribution in [0.2, 0.25) is 0 Å². The van der Waals surface area contributed by atoms with Crippen molar-refractivity contribution < 1.29 is 4.74 Å². The second kappa shape index (κ2) is 5.65. The molecule has 2 nitrogen and oxygen atoms in total. The quantitative estimate of drug-likeness (QED) is 0.842. The van der Waals surface area contributed by atoms with Crippen LogP contribution in [0.15, 0.2) is 30.3 Å². The maximum atomic E-state index is 6.14. The largest absolute Gasteiger partial charge is 0.373 e. The van der Waals surface area contributed by atoms with E-state index >= 15 is 0 Å². The highest BCUT2D eigenvalue weighted by Gasteiger charge is 2.42. The van der Waals surface area contributed by atoms with Gasteiger partial charge in [0.05, 0.1) is 11.6 Å². The van der Waals surface area contributed by atoms with E-state index in [0.29, 0.717) is 6.04 Å². The van der Waals surface area contributed by atoms with Crippen molar-refractivity contribution in [1.29, 1.82) is 0 Å². The van der Waals surface area contributed by atoms with E-state index < -0.39 is 0 Å². The Morgan fingerprint density at radius 3 is 2.41 bits per heavy atom. The van der Waals surface area contributed by atoms with Crippen LogP contribution in [0.3, 0.4) is 0 Å². The van der Waals surface area contributed by atoms with Crippen LogP contribution in [0.4, 0.5) is 0 Å². The molecule has 94 valence electrons. The zero-order valence-corrected chi connectivity index (χ0v) is 10.9. The molecule has 1 aromatic carbocycles. The average Bonchev–Trinajstić information content (AvgIpc) is 2.81. The highest BCUT2D eigenvalue weighted by atomic mass is 16.5. The van der Waals surface area contributed by atoms with Crippen LogP contribution in [0.1, 0.15) is 44.2 Å². The Balaban J connectivity index is 2.26. The van der Waals surface area contributed by atoms with Gasteiger partial charge in [-0.1, -0.05) is 43.2 Å². The fourth-order valence-electron chi connectivity index (χ4n) is 3.16. The molecule has 1 atom stereocenters. The van der Waals surface area contributed by atoms with Crippen LogP contribution >= 0.6 is 0 Å². The van der Waals surface area contributed by atoms with Gasteiger partial charge < -0.3 is 10.1 Å². The normalized spacial score (nSPS) is 20.4. The van der Waals surface area contributed by atoms with Crippen molar-refractivity contribution in [3.05, 3.63) is 35.9 Å². The minimum atomic E-state index is 0.00481. The summed E-state index contributed by atoms with van der Waals surface area (Å²) < 4.78 is 6.14. The monoisotopic (exact) mass is 233 g/mol. The third-order valence-corrected chi connectivity index (χ3v) is 3.83. The summed E-state index contributed by atoms with van der Waals surface area (Å²) >= 11 is 0. The summed E-state index contributed by atoms with van der Waals surface area (Å²) in [5.74, 6) is 0. The molecule has 1 unspecified atom stereocenters. The van der Waals surface area contributed by atoms with E-state index in [4.69, 9.17) is 4.74 Å². The highest BCUT2D eigenvalue weighted by Crippen LogP contribution is 2.42. The first-order valence-corrected chi connectivity index (χ1v) is 6.68. The van der Waals surface area contributed by atoms with Crippen molar-refractivity contribution in [3.63, 3.8) is 0 Å². The molecule has 0 aliphatic heterocycles. The van der Waals surface area contributed by atoms with Gasteiger partial charge in [-0.15, -0.1) is 0 Å². The first kappa shape index (κ1) is 12.6. The van der Waals surface area contributed by atoms with E-state index in [1.807, 2.05) is 7.05 Å². The number of ether oxygens (including phenoxy) is 1. The topological polar surface area (TPSA) is 21.3 Å². The van der Waals surface area contributed by atoms with Crippen molar-refractivity contribution in [1.82, 2.24) is 5.32 Å². The van der Waals surface area contributed by atoms with Crippen LogP contribution < -0.4 is 5.32 Å². The molecule has 0 heterocycles. The Bertz CT molecular complexity index is 330. The van der Waals surface area contributed by atoms with Gasteiger partial charge in [0.2, 0.25) is 0 Å². The zero-order chi connectivity index (χ0) is 12.1. The minimum Gasteiger partial charge on any atom is -0.373 e. The molecule has 2 rings (SSSR count). The summed E-state index contributed by atoms with van der Waals surface area (Å²) in [4.78, 5) is 0. The van der Waals surface area contributed by atoms with Crippen LogP contribution in [0, 0.1) is 0 Å². The van der Waals surface area contributed by atoms with E-state index in [2.05, 4.69) is 42.6 Å². The van der Waals surface area contributed by atoms with E-state index in [1.54, 1.807) is 0 Å². The smallest absolute Gasteiger partial charge is 0.0876 e. The molecule has 0 radical (unpaired) electrons. The van der Waals surface area contributed by atoms with Gasteiger partial charge in [-0.25, -0.2) is 0 Å². The second-order valence-corrected chi connectivity index (χ2v) is 4.84. The number of hydrogen-bond acceptors (Lipinski definition) is 2. The number of likely N-dealkylation sites (N-methyl/N-ethyl adjacent to an activating group) is 1. The van der Waals surface area contributed by atoms with Gasteiger partial charge in [0.25, 0.3) is 0 Å². The summed E-state index contributed by atoms with van der Waals surface area (Å²) in [6.07, 6.45) is 4.90. The van der Waals surface area contributed by atoms with Gasteiger partial charge in [0.1, 0.15) is 0 Å². The Morgan fingerprint density at radius 1 is 1.24 bits per heavy atom. The standard InChI is InChI=1S/C15H23NO/c1-3-17-15(11-7-8-12-15)14(16-2)13-9-5-4-6-10-13/h4-6,9-10,14,16H,3,7-8,11-12H2,1-2H3. The molecular formula is C15H23NO. The average molecular weight is 233 g/mol. The first-order chi connectivity index (χ1) is 8.32. The summed E-state index contributed by atoms with van der Waals surface area (Å²) in [6.45, 7) is 2.89. The molecule has 1 aliphatic rings. The molecule has 0 aromatic heterocycles. The Hall–Kier alpha value is -0.860. The number of hydrogen-bond donors (Lipinski definition) is 1. The van der Waals surface area contributed by atoms with E-state index in [0.717, 1.165) is 6.61 Å². The maximum absolute atomic E-state index is 6.14. The molecular weight excluding hydrogens is 210 g/mol. The minimum absolute atomic E-state index is 0.00481. The van der Waals surface area contributed by atoms with Gasteiger partial charge in [-0.2, -0.15) is 0 Å². The molecule has 1 fully saturated rings. The summed E-state index contributed by atoms with van der Waals surface area (Å²) in [6, 6.07) is 11.0.